The van der Waals surface area contributed by atoms with E-state index in [4.69, 9.17) is 4.52 Å². The fraction of sp³-hybridized carbons (Fsp3) is 0.500. The van der Waals surface area contributed by atoms with Gasteiger partial charge in [0.25, 0.3) is 0 Å². The largest absolute Gasteiger partial charge is 0.416 e. The number of hydrogen-bond acceptors (Lipinski definition) is 5. The number of halogens is 3. The number of aromatic nitrogens is 2. The maximum Gasteiger partial charge on any atom is 0.416 e. The molecule has 2 aromatic rings. The Morgan fingerprint density at radius 2 is 2.21 bits per heavy atom. The van der Waals surface area contributed by atoms with E-state index >= 15 is 0 Å². The molecule has 1 aromatic heterocycles. The first-order valence-electron chi connectivity index (χ1n) is 7.74. The topological polar surface area (TPSA) is 62.4 Å². The predicted octanol–water partition coefficient (Wildman–Crippen LogP) is 3.13. The van der Waals surface area contributed by atoms with Gasteiger partial charge in [-0.2, -0.15) is 18.2 Å². The highest BCUT2D eigenvalue weighted by molar-refractivity contribution is 5.55. The summed E-state index contributed by atoms with van der Waals surface area (Å²) in [6.45, 7) is 3.60. The molecule has 0 bridgehead atoms. The summed E-state index contributed by atoms with van der Waals surface area (Å²) in [6, 6.07) is 4.72. The van der Waals surface area contributed by atoms with Crippen molar-refractivity contribution in [2.75, 3.05) is 19.7 Å². The van der Waals surface area contributed by atoms with Crippen LogP contribution in [0.3, 0.4) is 0 Å². The van der Waals surface area contributed by atoms with E-state index < -0.39 is 11.7 Å². The minimum atomic E-state index is -4.41. The van der Waals surface area contributed by atoms with Crippen molar-refractivity contribution in [2.24, 2.45) is 5.92 Å². The van der Waals surface area contributed by atoms with Crippen LogP contribution in [0, 0.1) is 5.92 Å². The monoisotopic (exact) mass is 341 g/mol. The van der Waals surface area contributed by atoms with Crippen molar-refractivity contribution < 1.29 is 22.8 Å². The van der Waals surface area contributed by atoms with Crippen molar-refractivity contribution in [2.45, 2.75) is 25.6 Å². The van der Waals surface area contributed by atoms with Gasteiger partial charge in [-0.1, -0.05) is 17.3 Å². The Kier molecular flexibility index (Phi) is 4.60. The summed E-state index contributed by atoms with van der Waals surface area (Å²) in [7, 11) is 0. The first-order chi connectivity index (χ1) is 11.4. The molecule has 2 heterocycles. The van der Waals surface area contributed by atoms with Gasteiger partial charge in [0.1, 0.15) is 0 Å². The molecule has 0 amide bonds. The van der Waals surface area contributed by atoms with Crippen molar-refractivity contribution in [1.29, 1.82) is 0 Å². The van der Waals surface area contributed by atoms with Crippen LogP contribution >= 0.6 is 0 Å². The van der Waals surface area contributed by atoms with E-state index in [0.717, 1.165) is 31.6 Å². The highest BCUT2D eigenvalue weighted by atomic mass is 19.4. The number of rotatable bonds is 4. The van der Waals surface area contributed by atoms with Crippen molar-refractivity contribution in [1.82, 2.24) is 15.0 Å². The van der Waals surface area contributed by atoms with Crippen LogP contribution in [-0.4, -0.2) is 39.8 Å². The molecule has 0 saturated carbocycles. The standard InChI is InChI=1S/C16H18F3N3O2/c1-10(22-6-5-11(8-22)9-23)15-20-14(21-24-15)12-3-2-4-13(7-12)16(17,18)19/h2-4,7,10-11,23H,5-6,8-9H2,1H3. The van der Waals surface area contributed by atoms with E-state index in [2.05, 4.69) is 15.0 Å². The number of nitrogens with zero attached hydrogens (tertiary/aromatic N) is 3. The van der Waals surface area contributed by atoms with Gasteiger partial charge in [0.15, 0.2) is 0 Å². The Labute approximate surface area is 137 Å². The van der Waals surface area contributed by atoms with Crippen molar-refractivity contribution in [3.8, 4) is 11.4 Å². The van der Waals surface area contributed by atoms with Crippen LogP contribution in [0.2, 0.25) is 0 Å². The molecule has 5 nitrogen and oxygen atoms in total. The van der Waals surface area contributed by atoms with Gasteiger partial charge in [0.2, 0.25) is 11.7 Å². The minimum absolute atomic E-state index is 0.140. The fourth-order valence-electron chi connectivity index (χ4n) is 2.88. The van der Waals surface area contributed by atoms with Gasteiger partial charge in [0, 0.05) is 18.7 Å². The van der Waals surface area contributed by atoms with Crippen LogP contribution in [0.1, 0.15) is 30.8 Å². The third-order valence-corrected chi connectivity index (χ3v) is 4.37. The molecule has 3 rings (SSSR count). The van der Waals surface area contributed by atoms with Gasteiger partial charge < -0.3 is 9.63 Å². The molecule has 1 aromatic carbocycles. The summed E-state index contributed by atoms with van der Waals surface area (Å²) < 4.78 is 43.6. The van der Waals surface area contributed by atoms with E-state index in [1.807, 2.05) is 6.92 Å². The summed E-state index contributed by atoms with van der Waals surface area (Å²) in [4.78, 5) is 6.37. The normalized spacial score (nSPS) is 20.5. The van der Waals surface area contributed by atoms with Crippen LogP contribution in [0.25, 0.3) is 11.4 Å². The molecule has 1 fully saturated rings. The number of aliphatic hydroxyl groups is 1. The summed E-state index contributed by atoms with van der Waals surface area (Å²) in [5.74, 6) is 0.736. The van der Waals surface area contributed by atoms with Gasteiger partial charge in [-0.25, -0.2) is 0 Å². The molecule has 130 valence electrons. The fourth-order valence-corrected chi connectivity index (χ4v) is 2.88. The van der Waals surface area contributed by atoms with E-state index in [0.29, 0.717) is 5.89 Å². The lowest BCUT2D eigenvalue weighted by Gasteiger charge is -2.20. The molecule has 1 N–H and O–H groups in total. The third-order valence-electron chi connectivity index (χ3n) is 4.37. The Morgan fingerprint density at radius 1 is 1.42 bits per heavy atom. The summed E-state index contributed by atoms with van der Waals surface area (Å²) in [5, 5.41) is 13.0. The quantitative estimate of drug-likeness (QED) is 0.926. The molecular formula is C16H18F3N3O2. The summed E-state index contributed by atoms with van der Waals surface area (Å²) >= 11 is 0. The molecule has 1 saturated heterocycles. The molecule has 24 heavy (non-hydrogen) atoms. The zero-order valence-electron chi connectivity index (χ0n) is 13.1. The van der Waals surface area contributed by atoms with E-state index in [9.17, 15) is 18.3 Å². The molecule has 0 radical (unpaired) electrons. The SMILES string of the molecule is CC(c1nc(-c2cccc(C(F)(F)F)c2)no1)N1CCC(CO)C1. The van der Waals surface area contributed by atoms with Crippen LogP contribution in [0.5, 0.6) is 0 Å². The lowest BCUT2D eigenvalue weighted by molar-refractivity contribution is -0.137. The van der Waals surface area contributed by atoms with E-state index in [1.54, 1.807) is 0 Å². The second-order valence-corrected chi connectivity index (χ2v) is 6.04. The maximum atomic E-state index is 12.8. The Bertz CT molecular complexity index is 702. The number of hydrogen-bond donors (Lipinski definition) is 1. The molecule has 0 aliphatic carbocycles. The smallest absolute Gasteiger partial charge is 0.396 e. The zero-order valence-corrected chi connectivity index (χ0v) is 13.1. The van der Waals surface area contributed by atoms with E-state index in [-0.39, 0.29) is 30.0 Å². The molecule has 1 aliphatic rings. The van der Waals surface area contributed by atoms with Crippen LogP contribution in [0.4, 0.5) is 13.2 Å². The highest BCUT2D eigenvalue weighted by Gasteiger charge is 2.32. The number of aliphatic hydroxyl groups excluding tert-OH is 1. The van der Waals surface area contributed by atoms with Crippen LogP contribution in [0.15, 0.2) is 28.8 Å². The Morgan fingerprint density at radius 3 is 2.88 bits per heavy atom. The van der Waals surface area contributed by atoms with Gasteiger partial charge >= 0.3 is 6.18 Å². The van der Waals surface area contributed by atoms with Crippen molar-refractivity contribution in [3.05, 3.63) is 35.7 Å². The molecular weight excluding hydrogens is 323 g/mol. The number of alkyl halides is 3. The third kappa shape index (κ3) is 3.44. The van der Waals surface area contributed by atoms with Gasteiger partial charge in [-0.15, -0.1) is 0 Å². The van der Waals surface area contributed by atoms with Crippen molar-refractivity contribution >= 4 is 0 Å². The number of benzene rings is 1. The lowest BCUT2D eigenvalue weighted by atomic mass is 10.1. The second-order valence-electron chi connectivity index (χ2n) is 6.04. The Hall–Kier alpha value is -1.93. The van der Waals surface area contributed by atoms with E-state index in [1.165, 1.54) is 12.1 Å². The minimum Gasteiger partial charge on any atom is -0.396 e. The maximum absolute atomic E-state index is 12.8. The summed E-state index contributed by atoms with van der Waals surface area (Å²) in [5.41, 5.74) is -0.480. The van der Waals surface area contributed by atoms with Crippen molar-refractivity contribution in [3.63, 3.8) is 0 Å². The van der Waals surface area contributed by atoms with Gasteiger partial charge in [0.05, 0.1) is 11.6 Å². The van der Waals surface area contributed by atoms with Crippen LogP contribution in [-0.2, 0) is 6.18 Å². The van der Waals surface area contributed by atoms with Gasteiger partial charge in [-0.05, 0) is 37.9 Å². The molecule has 2 unspecified atom stereocenters. The summed E-state index contributed by atoms with van der Waals surface area (Å²) in [6.07, 6.45) is -3.51. The van der Waals surface area contributed by atoms with Gasteiger partial charge in [-0.3, -0.25) is 4.90 Å². The first kappa shape index (κ1) is 16.9. The number of likely N-dealkylation sites (tertiary alicyclic amines) is 1. The molecule has 1 aliphatic heterocycles. The van der Waals surface area contributed by atoms with Crippen LogP contribution < -0.4 is 0 Å². The second kappa shape index (κ2) is 6.52. The molecule has 0 spiro atoms. The molecule has 2 atom stereocenters. The zero-order chi connectivity index (χ0) is 17.3. The molecule has 8 heteroatoms. The first-order valence-corrected chi connectivity index (χ1v) is 7.74. The highest BCUT2D eigenvalue weighted by Crippen LogP contribution is 2.32. The predicted molar refractivity (Wildman–Crippen MR) is 79.9 cm³/mol. The average molecular weight is 341 g/mol. The average Bonchev–Trinajstić information content (AvgIpc) is 3.23. The Balaban J connectivity index is 1.78. The lowest BCUT2D eigenvalue weighted by Crippen LogP contribution is -2.25.